The van der Waals surface area contributed by atoms with Crippen LogP contribution in [0.15, 0.2) is 174 Å². The summed E-state index contributed by atoms with van der Waals surface area (Å²) in [5.41, 5.74) is 9.77. The number of benzene rings is 7. The molecular weight excluding hydrogens is 587 g/mol. The van der Waals surface area contributed by atoms with Crippen LogP contribution < -0.4 is 10.1 Å². The maximum Gasteiger partial charge on any atom is 0.169 e. The molecule has 226 valence electrons. The average Bonchev–Trinajstić information content (AvgIpc) is 3.46. The Hall–Kier alpha value is -6.26. The van der Waals surface area contributed by atoms with E-state index >= 15 is 0 Å². The van der Waals surface area contributed by atoms with Crippen molar-refractivity contribution in [1.29, 1.82) is 0 Å². The fourth-order valence-corrected chi connectivity index (χ4v) is 7.93. The third-order valence-corrected chi connectivity index (χ3v) is 9.98. The van der Waals surface area contributed by atoms with Crippen LogP contribution in [0.5, 0.6) is 11.5 Å². The molecule has 4 heteroatoms. The van der Waals surface area contributed by atoms with Gasteiger partial charge in [-0.05, 0) is 56.8 Å². The number of rotatable bonds is 3. The molecule has 10 rings (SSSR count). The predicted molar refractivity (Wildman–Crippen MR) is 193 cm³/mol. The second-order valence-corrected chi connectivity index (χ2v) is 12.5. The van der Waals surface area contributed by atoms with Gasteiger partial charge in [0, 0.05) is 22.3 Å². The molecule has 0 saturated carbocycles. The lowest BCUT2D eigenvalue weighted by molar-refractivity contribution is 0.436. The highest BCUT2D eigenvalue weighted by atomic mass is 16.5. The number of aliphatic imine (C=N–C) groups is 2. The largest absolute Gasteiger partial charge is 0.457 e. The molecule has 1 spiro atoms. The van der Waals surface area contributed by atoms with Crippen LogP contribution >= 0.6 is 0 Å². The standard InChI is InChI=1S/C44H29N3O/c1-3-14-29(15-4-1)41-45-42(30-16-5-2-6-17-30)47-43(46-41)31-23-25-33-37(27-31)44(36-26-24-28-13-7-8-18-32(28)40(33)36)34-19-9-11-21-38(34)48-39-22-12-10-20-35(39)44/h1-27,43H,(H,45,46,47). The van der Waals surface area contributed by atoms with E-state index in [0.29, 0.717) is 0 Å². The third kappa shape index (κ3) is 3.83. The Kier molecular flexibility index (Phi) is 5.82. The van der Waals surface area contributed by atoms with Crippen molar-refractivity contribution in [2.45, 2.75) is 11.6 Å². The molecule has 7 aromatic carbocycles. The highest BCUT2D eigenvalue weighted by Crippen LogP contribution is 2.63. The number of nitrogens with zero attached hydrogens (tertiary/aromatic N) is 2. The van der Waals surface area contributed by atoms with Gasteiger partial charge in [0.2, 0.25) is 0 Å². The number of para-hydroxylation sites is 2. The van der Waals surface area contributed by atoms with E-state index in [0.717, 1.165) is 51.0 Å². The van der Waals surface area contributed by atoms with Crippen molar-refractivity contribution < 1.29 is 4.74 Å². The average molecular weight is 616 g/mol. The van der Waals surface area contributed by atoms with E-state index in [-0.39, 0.29) is 0 Å². The van der Waals surface area contributed by atoms with Crippen LogP contribution in [0.4, 0.5) is 0 Å². The van der Waals surface area contributed by atoms with Crippen LogP contribution in [-0.2, 0) is 5.41 Å². The molecule has 0 fully saturated rings. The first kappa shape index (κ1) is 26.9. The van der Waals surface area contributed by atoms with E-state index in [1.807, 2.05) is 36.4 Å². The maximum atomic E-state index is 6.60. The summed E-state index contributed by atoms with van der Waals surface area (Å²) in [7, 11) is 0. The third-order valence-electron chi connectivity index (χ3n) is 9.98. The molecule has 1 aliphatic carbocycles. The van der Waals surface area contributed by atoms with Crippen molar-refractivity contribution in [3.05, 3.63) is 203 Å². The molecule has 2 aliphatic heterocycles. The second-order valence-electron chi connectivity index (χ2n) is 12.5. The summed E-state index contributed by atoms with van der Waals surface area (Å²) >= 11 is 0. The molecule has 0 unspecified atom stereocenters. The van der Waals surface area contributed by atoms with Crippen LogP contribution in [0, 0.1) is 0 Å². The summed E-state index contributed by atoms with van der Waals surface area (Å²) in [5.74, 6) is 3.37. The van der Waals surface area contributed by atoms with Crippen molar-refractivity contribution in [2.24, 2.45) is 9.98 Å². The SMILES string of the molecule is c1ccc(C2=NC(c3ccc4c(c3)C3(c5ccccc5Oc5ccccc53)c3ccc5ccccc5c3-4)N=C(c3ccccc3)N2)cc1. The Morgan fingerprint density at radius 3 is 1.75 bits per heavy atom. The molecule has 0 bridgehead atoms. The molecule has 3 aliphatic rings. The van der Waals surface area contributed by atoms with Gasteiger partial charge in [-0.3, -0.25) is 0 Å². The van der Waals surface area contributed by atoms with Gasteiger partial charge in [0.05, 0.1) is 5.41 Å². The molecule has 0 aromatic heterocycles. The smallest absolute Gasteiger partial charge is 0.169 e. The lowest BCUT2D eigenvalue weighted by Crippen LogP contribution is -2.36. The van der Waals surface area contributed by atoms with Crippen molar-refractivity contribution in [2.75, 3.05) is 0 Å². The van der Waals surface area contributed by atoms with Gasteiger partial charge in [0.15, 0.2) is 6.17 Å². The predicted octanol–water partition coefficient (Wildman–Crippen LogP) is 9.80. The van der Waals surface area contributed by atoms with Gasteiger partial charge in [-0.2, -0.15) is 0 Å². The first-order chi connectivity index (χ1) is 23.8. The summed E-state index contributed by atoms with van der Waals surface area (Å²) < 4.78 is 6.60. The van der Waals surface area contributed by atoms with Gasteiger partial charge in [0.1, 0.15) is 23.2 Å². The van der Waals surface area contributed by atoms with E-state index in [9.17, 15) is 0 Å². The van der Waals surface area contributed by atoms with Gasteiger partial charge < -0.3 is 10.1 Å². The highest BCUT2D eigenvalue weighted by molar-refractivity contribution is 6.16. The summed E-state index contributed by atoms with van der Waals surface area (Å²) in [6.07, 6.45) is -0.440. The van der Waals surface area contributed by atoms with E-state index < -0.39 is 11.6 Å². The Bertz CT molecular complexity index is 2360. The minimum Gasteiger partial charge on any atom is -0.457 e. The Balaban J connectivity index is 1.26. The normalized spacial score (nSPS) is 15.3. The molecule has 1 N–H and O–H groups in total. The number of hydrogen-bond acceptors (Lipinski definition) is 4. The lowest BCUT2D eigenvalue weighted by Gasteiger charge is -2.39. The van der Waals surface area contributed by atoms with Crippen LogP contribution in [0.25, 0.3) is 21.9 Å². The topological polar surface area (TPSA) is 46.0 Å². The maximum absolute atomic E-state index is 6.60. The fourth-order valence-electron chi connectivity index (χ4n) is 7.93. The molecule has 48 heavy (non-hydrogen) atoms. The van der Waals surface area contributed by atoms with Crippen LogP contribution in [0.1, 0.15) is 45.1 Å². The number of hydrogen-bond donors (Lipinski definition) is 1. The summed E-state index contributed by atoms with van der Waals surface area (Å²) in [5, 5.41) is 6.01. The minimum atomic E-state index is -0.582. The number of nitrogens with one attached hydrogen (secondary N) is 1. The summed E-state index contributed by atoms with van der Waals surface area (Å²) in [6.45, 7) is 0. The lowest BCUT2D eigenvalue weighted by atomic mass is 9.66. The Labute approximate surface area is 278 Å². The zero-order chi connectivity index (χ0) is 31.7. The zero-order valence-corrected chi connectivity index (χ0v) is 26.0. The van der Waals surface area contributed by atoms with Gasteiger partial charge in [-0.25, -0.2) is 9.98 Å². The quantitative estimate of drug-likeness (QED) is 0.215. The first-order valence-electron chi connectivity index (χ1n) is 16.4. The monoisotopic (exact) mass is 615 g/mol. The molecule has 0 amide bonds. The van der Waals surface area contributed by atoms with Gasteiger partial charge >= 0.3 is 0 Å². The molecule has 4 nitrogen and oxygen atoms in total. The molecule has 0 saturated heterocycles. The van der Waals surface area contributed by atoms with E-state index in [4.69, 9.17) is 14.7 Å². The molecule has 2 heterocycles. The highest BCUT2D eigenvalue weighted by Gasteiger charge is 2.51. The van der Waals surface area contributed by atoms with Crippen molar-refractivity contribution in [3.8, 4) is 22.6 Å². The summed E-state index contributed by atoms with van der Waals surface area (Å²) in [4.78, 5) is 10.5. The van der Waals surface area contributed by atoms with Crippen LogP contribution in [-0.4, -0.2) is 11.7 Å². The van der Waals surface area contributed by atoms with Crippen LogP contribution in [0.2, 0.25) is 0 Å². The van der Waals surface area contributed by atoms with Gasteiger partial charge in [-0.15, -0.1) is 0 Å². The molecular formula is C44H29N3O. The first-order valence-corrected chi connectivity index (χ1v) is 16.4. The van der Waals surface area contributed by atoms with E-state index in [1.54, 1.807) is 0 Å². The van der Waals surface area contributed by atoms with Gasteiger partial charge in [0.25, 0.3) is 0 Å². The second kappa shape index (κ2) is 10.4. The van der Waals surface area contributed by atoms with E-state index in [2.05, 4.69) is 133 Å². The van der Waals surface area contributed by atoms with Crippen molar-refractivity contribution in [3.63, 3.8) is 0 Å². The van der Waals surface area contributed by atoms with Gasteiger partial charge in [-0.1, -0.05) is 146 Å². The number of amidine groups is 2. The fraction of sp³-hybridized carbons (Fsp3) is 0.0455. The molecule has 0 radical (unpaired) electrons. The Morgan fingerprint density at radius 1 is 0.500 bits per heavy atom. The number of ether oxygens (including phenoxy) is 1. The zero-order valence-electron chi connectivity index (χ0n) is 26.0. The molecule has 0 atom stereocenters. The minimum absolute atomic E-state index is 0.440. The summed E-state index contributed by atoms with van der Waals surface area (Å²) in [6, 6.07) is 57.8. The molecule has 7 aromatic rings. The van der Waals surface area contributed by atoms with E-state index in [1.165, 1.54) is 33.0 Å². The van der Waals surface area contributed by atoms with Crippen LogP contribution in [0.3, 0.4) is 0 Å². The Morgan fingerprint density at radius 2 is 1.08 bits per heavy atom. The van der Waals surface area contributed by atoms with Crippen molar-refractivity contribution >= 4 is 22.4 Å². The number of fused-ring (bicyclic) bond motifs is 11. The van der Waals surface area contributed by atoms with Crippen molar-refractivity contribution in [1.82, 2.24) is 5.32 Å².